The molecule has 0 amide bonds. The molecule has 0 bridgehead atoms. The third-order valence-electron chi connectivity index (χ3n) is 2.52. The summed E-state index contributed by atoms with van der Waals surface area (Å²) in [6, 6.07) is 0. The van der Waals surface area contributed by atoms with E-state index in [2.05, 4.69) is 8.62 Å². The molecule has 0 spiro atoms. The van der Waals surface area contributed by atoms with Crippen molar-refractivity contribution in [2.24, 2.45) is 0 Å². The van der Waals surface area contributed by atoms with Gasteiger partial charge in [-0.3, -0.25) is 18.0 Å². The van der Waals surface area contributed by atoms with Crippen molar-refractivity contribution >= 4 is 30.4 Å². The van der Waals surface area contributed by atoms with Gasteiger partial charge in [-0.05, 0) is 25.7 Å². The van der Waals surface area contributed by atoms with Crippen LogP contribution < -0.4 is 4.89 Å². The SMILES string of the molecule is C.C.CCCP(=O)(O)O.CCCP(=O)([O-])OP(=O)(CCC)OP(=O)(O)CCC. The minimum absolute atomic E-state index is 0. The van der Waals surface area contributed by atoms with Crippen molar-refractivity contribution in [3.05, 3.63) is 0 Å². The van der Waals surface area contributed by atoms with Gasteiger partial charge in [0.05, 0.1) is 12.3 Å². The lowest BCUT2D eigenvalue weighted by atomic mass is 10.6. The Morgan fingerprint density at radius 3 is 1.36 bits per heavy atom. The van der Waals surface area contributed by atoms with Crippen LogP contribution in [0.25, 0.3) is 0 Å². The van der Waals surface area contributed by atoms with Crippen LogP contribution in [0.15, 0.2) is 0 Å². The zero-order chi connectivity index (χ0) is 21.1. The average Bonchev–Trinajstić information content (AvgIpc) is 2.35. The standard InChI is InChI=1S/C9H23O7P3.C3H9O3P.2CH4/c1-4-7-17(10,11)15-19(14,9-6-3)16-18(12,13)8-5-2;1-2-3-7(4,5)6;;/h4-9H2,1-3H3,(H,10,11)(H,12,13);2-3H2,1H3,(H2,4,5,6);2*1H4/p-1. The van der Waals surface area contributed by atoms with Gasteiger partial charge in [0.15, 0.2) is 0 Å². The molecule has 0 heterocycles. The van der Waals surface area contributed by atoms with Gasteiger partial charge in [0.1, 0.15) is 7.60 Å². The van der Waals surface area contributed by atoms with Gasteiger partial charge in [-0.1, -0.05) is 42.5 Å². The predicted molar refractivity (Wildman–Crippen MR) is 113 cm³/mol. The van der Waals surface area contributed by atoms with Crippen LogP contribution in [0.2, 0.25) is 0 Å². The Labute approximate surface area is 170 Å². The molecule has 0 aromatic rings. The monoisotopic (exact) mass is 491 g/mol. The van der Waals surface area contributed by atoms with Gasteiger partial charge < -0.3 is 24.1 Å². The molecule has 0 rings (SSSR count). The summed E-state index contributed by atoms with van der Waals surface area (Å²) in [6.07, 6.45) is 0.834. The molecule has 0 saturated heterocycles. The molecule has 0 aromatic heterocycles. The van der Waals surface area contributed by atoms with E-state index in [1.165, 1.54) is 0 Å². The first-order valence-corrected chi connectivity index (χ1v) is 15.4. The summed E-state index contributed by atoms with van der Waals surface area (Å²) < 4.78 is 54.6. The summed E-state index contributed by atoms with van der Waals surface area (Å²) in [6.45, 7) is 6.68. The van der Waals surface area contributed by atoms with E-state index in [0.717, 1.165) is 0 Å². The molecule has 10 nitrogen and oxygen atoms in total. The van der Waals surface area contributed by atoms with Crippen molar-refractivity contribution in [3.8, 4) is 0 Å². The second kappa shape index (κ2) is 16.4. The fourth-order valence-electron chi connectivity index (χ4n) is 1.68. The first kappa shape index (κ1) is 36.1. The van der Waals surface area contributed by atoms with E-state index >= 15 is 0 Å². The topological polar surface area (TPSA) is 170 Å². The zero-order valence-electron chi connectivity index (χ0n) is 15.6. The summed E-state index contributed by atoms with van der Waals surface area (Å²) in [5.41, 5.74) is 0. The minimum atomic E-state index is -4.32. The predicted octanol–water partition coefficient (Wildman–Crippen LogP) is 5.03. The fourth-order valence-corrected chi connectivity index (χ4v) is 8.69. The van der Waals surface area contributed by atoms with Gasteiger partial charge in [-0.2, -0.15) is 0 Å². The molecule has 0 saturated carbocycles. The Bertz CT molecular complexity index is 542. The molecule has 3 unspecified atom stereocenters. The van der Waals surface area contributed by atoms with Crippen LogP contribution >= 0.6 is 30.4 Å². The van der Waals surface area contributed by atoms with Gasteiger partial charge in [0.2, 0.25) is 0 Å². The Balaban J connectivity index is -0.000000274. The summed E-state index contributed by atoms with van der Waals surface area (Å²) in [4.78, 5) is 37.3. The van der Waals surface area contributed by atoms with Crippen LogP contribution in [0.5, 0.6) is 0 Å². The summed E-state index contributed by atoms with van der Waals surface area (Å²) in [5.74, 6) is 0. The minimum Gasteiger partial charge on any atom is -0.778 e. The highest BCUT2D eigenvalue weighted by Crippen LogP contribution is 2.68. The second-order valence-corrected chi connectivity index (χ2v) is 13.7. The highest BCUT2D eigenvalue weighted by Gasteiger charge is 2.36. The fraction of sp³-hybridized carbons (Fsp3) is 1.00. The van der Waals surface area contributed by atoms with Crippen LogP contribution in [0.3, 0.4) is 0 Å². The van der Waals surface area contributed by atoms with Crippen molar-refractivity contribution in [2.75, 3.05) is 24.6 Å². The van der Waals surface area contributed by atoms with E-state index in [1.807, 2.05) is 0 Å². The van der Waals surface area contributed by atoms with Crippen LogP contribution in [-0.2, 0) is 26.9 Å². The third kappa shape index (κ3) is 21.4. The van der Waals surface area contributed by atoms with Crippen molar-refractivity contribution < 1.29 is 46.5 Å². The van der Waals surface area contributed by atoms with Crippen LogP contribution in [-0.4, -0.2) is 39.3 Å². The van der Waals surface area contributed by atoms with Crippen molar-refractivity contribution in [1.82, 2.24) is 0 Å². The van der Waals surface area contributed by atoms with E-state index in [4.69, 9.17) is 9.79 Å². The van der Waals surface area contributed by atoms with Crippen molar-refractivity contribution in [2.45, 2.75) is 68.2 Å². The quantitative estimate of drug-likeness (QED) is 0.315. The van der Waals surface area contributed by atoms with Gasteiger partial charge in [0, 0.05) is 12.3 Å². The maximum atomic E-state index is 12.2. The van der Waals surface area contributed by atoms with E-state index in [9.17, 15) is 28.0 Å². The molecule has 176 valence electrons. The smallest absolute Gasteiger partial charge is 0.342 e. The molecule has 0 aliphatic heterocycles. The Kier molecular flexibility index (Phi) is 21.1. The van der Waals surface area contributed by atoms with E-state index in [0.29, 0.717) is 25.7 Å². The first-order chi connectivity index (χ1) is 11.7. The molecule has 14 heteroatoms. The first-order valence-electron chi connectivity index (χ1n) is 8.34. The maximum Gasteiger partial charge on any atom is 0.342 e. The lowest BCUT2D eigenvalue weighted by Crippen LogP contribution is -2.09. The average molecular weight is 491 g/mol. The summed E-state index contributed by atoms with van der Waals surface area (Å²) in [5, 5.41) is 0. The Hall–Kier alpha value is 0.680. The molecule has 0 fully saturated rings. The maximum absolute atomic E-state index is 12.2. The highest BCUT2D eigenvalue weighted by atomic mass is 31.3. The largest absolute Gasteiger partial charge is 0.778 e. The number of rotatable bonds is 12. The van der Waals surface area contributed by atoms with Gasteiger partial charge >= 0.3 is 22.8 Å². The van der Waals surface area contributed by atoms with Gasteiger partial charge in [-0.15, -0.1) is 0 Å². The molecule has 0 aliphatic rings. The number of hydrogen-bond acceptors (Lipinski definition) is 7. The van der Waals surface area contributed by atoms with E-state index in [-0.39, 0.29) is 39.5 Å². The van der Waals surface area contributed by atoms with Crippen LogP contribution in [0.4, 0.5) is 0 Å². The third-order valence-corrected chi connectivity index (χ3v) is 10.6. The highest BCUT2D eigenvalue weighted by molar-refractivity contribution is 7.71. The molecule has 28 heavy (non-hydrogen) atoms. The summed E-state index contributed by atoms with van der Waals surface area (Å²) in [7, 11) is -16.2. The van der Waals surface area contributed by atoms with Crippen LogP contribution in [0, 0.1) is 0 Å². The lowest BCUT2D eigenvalue weighted by Gasteiger charge is -2.28. The van der Waals surface area contributed by atoms with Gasteiger partial charge in [-0.25, -0.2) is 4.31 Å². The number of hydrogen-bond donors (Lipinski definition) is 3. The lowest BCUT2D eigenvalue weighted by molar-refractivity contribution is -0.191. The molecule has 0 aromatic carbocycles. The molecule has 0 aliphatic carbocycles. The Morgan fingerprint density at radius 1 is 0.679 bits per heavy atom. The van der Waals surface area contributed by atoms with Crippen LogP contribution in [0.1, 0.15) is 68.2 Å². The zero-order valence-corrected chi connectivity index (χ0v) is 19.2. The molecular formula is C14H39O10P4-. The van der Waals surface area contributed by atoms with Crippen molar-refractivity contribution in [1.29, 1.82) is 0 Å². The van der Waals surface area contributed by atoms with E-state index < -0.39 is 30.4 Å². The normalized spacial score (nSPS) is 17.4. The van der Waals surface area contributed by atoms with E-state index in [1.54, 1.807) is 27.7 Å². The van der Waals surface area contributed by atoms with Crippen molar-refractivity contribution in [3.63, 3.8) is 0 Å². The molecule has 3 N–H and O–H groups in total. The second-order valence-electron chi connectivity index (χ2n) is 5.58. The molecule has 3 atom stereocenters. The van der Waals surface area contributed by atoms with Gasteiger partial charge in [0.25, 0.3) is 0 Å². The Morgan fingerprint density at radius 2 is 1.07 bits per heavy atom. The molecular weight excluding hydrogens is 452 g/mol. The summed E-state index contributed by atoms with van der Waals surface area (Å²) >= 11 is 0. The molecule has 0 radical (unpaired) electrons.